The summed E-state index contributed by atoms with van der Waals surface area (Å²) in [5.41, 5.74) is 0.895. The van der Waals surface area contributed by atoms with Crippen LogP contribution in [0.1, 0.15) is 19.4 Å². The van der Waals surface area contributed by atoms with E-state index in [9.17, 15) is 9.59 Å². The second kappa shape index (κ2) is 5.32. The summed E-state index contributed by atoms with van der Waals surface area (Å²) in [6.07, 6.45) is 1.58. The monoisotopic (exact) mass is 280 g/mol. The Kier molecular flexibility index (Phi) is 3.76. The number of benzene rings is 1. The fourth-order valence-electron chi connectivity index (χ4n) is 1.61. The van der Waals surface area contributed by atoms with Crippen molar-refractivity contribution in [2.45, 2.75) is 20.0 Å². The van der Waals surface area contributed by atoms with Crippen LogP contribution in [0.25, 0.3) is 6.08 Å². The van der Waals surface area contributed by atoms with Crippen LogP contribution in [0, 0.1) is 0 Å². The molecule has 19 heavy (non-hydrogen) atoms. The van der Waals surface area contributed by atoms with Gasteiger partial charge in [0.25, 0.3) is 5.91 Å². The lowest BCUT2D eigenvalue weighted by atomic mass is 10.2. The molecule has 0 spiro atoms. The lowest BCUT2D eigenvalue weighted by molar-refractivity contribution is -0.115. The van der Waals surface area contributed by atoms with Crippen LogP contribution < -0.4 is 15.4 Å². The average molecular weight is 281 g/mol. The fraction of sp³-hybridized carbons (Fsp3) is 0.231. The van der Waals surface area contributed by atoms with Gasteiger partial charge in [0.1, 0.15) is 11.4 Å². The number of carbonyl (C=O) groups is 2. The Morgan fingerprint density at radius 1 is 1.26 bits per heavy atom. The van der Waals surface area contributed by atoms with Crippen LogP contribution in [0.5, 0.6) is 5.75 Å². The molecule has 0 bridgehead atoms. The molecule has 1 aliphatic heterocycles. The highest BCUT2D eigenvalue weighted by Crippen LogP contribution is 2.27. The van der Waals surface area contributed by atoms with Gasteiger partial charge in [-0.1, -0.05) is 17.7 Å². The maximum absolute atomic E-state index is 11.4. The molecule has 1 aliphatic rings. The van der Waals surface area contributed by atoms with Crippen molar-refractivity contribution >= 4 is 29.6 Å². The van der Waals surface area contributed by atoms with E-state index in [0.717, 1.165) is 0 Å². The summed E-state index contributed by atoms with van der Waals surface area (Å²) < 4.78 is 5.51. The van der Waals surface area contributed by atoms with Crippen LogP contribution in [-0.4, -0.2) is 18.0 Å². The number of amides is 3. The third-order valence-corrected chi connectivity index (χ3v) is 2.64. The number of hydrogen-bond donors (Lipinski definition) is 2. The smallest absolute Gasteiger partial charge is 0.326 e. The molecular formula is C13H13ClN2O3. The molecule has 5 nitrogen and oxygen atoms in total. The highest BCUT2D eigenvalue weighted by atomic mass is 35.5. The maximum Gasteiger partial charge on any atom is 0.326 e. The number of carbonyl (C=O) groups excluding carboxylic acids is 2. The molecule has 6 heteroatoms. The van der Waals surface area contributed by atoms with Gasteiger partial charge in [0.2, 0.25) is 0 Å². The number of hydrogen-bond acceptors (Lipinski definition) is 3. The predicted molar refractivity (Wildman–Crippen MR) is 71.9 cm³/mol. The van der Waals surface area contributed by atoms with Crippen LogP contribution in [0.2, 0.25) is 5.02 Å². The molecule has 0 radical (unpaired) electrons. The zero-order chi connectivity index (χ0) is 14.0. The molecule has 0 aromatic heterocycles. The first kappa shape index (κ1) is 13.4. The van der Waals surface area contributed by atoms with Gasteiger partial charge < -0.3 is 10.1 Å². The Morgan fingerprint density at radius 2 is 2.00 bits per heavy atom. The van der Waals surface area contributed by atoms with Crippen molar-refractivity contribution in [1.29, 1.82) is 0 Å². The first-order chi connectivity index (χ1) is 8.95. The van der Waals surface area contributed by atoms with E-state index in [4.69, 9.17) is 16.3 Å². The van der Waals surface area contributed by atoms with E-state index in [2.05, 4.69) is 10.6 Å². The van der Waals surface area contributed by atoms with Gasteiger partial charge in [0, 0.05) is 0 Å². The van der Waals surface area contributed by atoms with Gasteiger partial charge in [0.05, 0.1) is 11.1 Å². The summed E-state index contributed by atoms with van der Waals surface area (Å²) in [5.74, 6) is 0.127. The highest BCUT2D eigenvalue weighted by Gasteiger charge is 2.22. The zero-order valence-electron chi connectivity index (χ0n) is 10.5. The van der Waals surface area contributed by atoms with E-state index in [1.165, 1.54) is 0 Å². The first-order valence-electron chi connectivity index (χ1n) is 5.76. The maximum atomic E-state index is 11.4. The minimum Gasteiger partial charge on any atom is -0.489 e. The summed E-state index contributed by atoms with van der Waals surface area (Å²) in [7, 11) is 0. The Morgan fingerprint density at radius 3 is 2.53 bits per heavy atom. The largest absolute Gasteiger partial charge is 0.489 e. The van der Waals surface area contributed by atoms with Gasteiger partial charge in [-0.3, -0.25) is 10.1 Å². The molecule has 0 aliphatic carbocycles. The van der Waals surface area contributed by atoms with Gasteiger partial charge in [-0.2, -0.15) is 0 Å². The lowest BCUT2D eigenvalue weighted by Gasteiger charge is -2.11. The molecule has 2 N–H and O–H groups in total. The Bertz CT molecular complexity index is 567. The minimum absolute atomic E-state index is 0.0293. The summed E-state index contributed by atoms with van der Waals surface area (Å²) >= 11 is 6.08. The number of nitrogens with one attached hydrogen (secondary N) is 2. The molecule has 100 valence electrons. The standard InChI is InChI=1S/C13H13ClN2O3/c1-7(2)19-11-4-3-8(5-9(11)14)6-10-12(17)16-13(18)15-10/h3-7H,1-2H3,(H2,15,16,17,18)/b10-6-. The molecule has 1 aromatic carbocycles. The van der Waals surface area contributed by atoms with E-state index in [1.54, 1.807) is 24.3 Å². The zero-order valence-corrected chi connectivity index (χ0v) is 11.2. The number of urea groups is 1. The molecule has 2 rings (SSSR count). The van der Waals surface area contributed by atoms with Gasteiger partial charge in [0.15, 0.2) is 0 Å². The van der Waals surface area contributed by atoms with Crippen LogP contribution in [0.4, 0.5) is 4.79 Å². The summed E-state index contributed by atoms with van der Waals surface area (Å²) in [6.45, 7) is 3.81. The summed E-state index contributed by atoms with van der Waals surface area (Å²) in [6, 6.07) is 4.63. The van der Waals surface area contributed by atoms with E-state index in [0.29, 0.717) is 16.3 Å². The Hall–Kier alpha value is -2.01. The fourth-order valence-corrected chi connectivity index (χ4v) is 1.84. The summed E-state index contributed by atoms with van der Waals surface area (Å²) in [5, 5.41) is 4.98. The molecule has 1 fully saturated rings. The first-order valence-corrected chi connectivity index (χ1v) is 6.14. The molecular weight excluding hydrogens is 268 g/mol. The van der Waals surface area contributed by atoms with Crippen LogP contribution >= 0.6 is 11.6 Å². The molecule has 0 unspecified atom stereocenters. The van der Waals surface area contributed by atoms with E-state index in [1.807, 2.05) is 13.8 Å². The average Bonchev–Trinajstić information content (AvgIpc) is 2.61. The second-order valence-electron chi connectivity index (χ2n) is 4.32. The minimum atomic E-state index is -0.526. The van der Waals surface area contributed by atoms with Crippen LogP contribution in [0.15, 0.2) is 23.9 Å². The molecule has 3 amide bonds. The number of rotatable bonds is 3. The van der Waals surface area contributed by atoms with Crippen molar-refractivity contribution in [2.75, 3.05) is 0 Å². The number of halogens is 1. The van der Waals surface area contributed by atoms with Crippen molar-refractivity contribution in [2.24, 2.45) is 0 Å². The topological polar surface area (TPSA) is 67.4 Å². The molecule has 1 aromatic rings. The van der Waals surface area contributed by atoms with Crippen LogP contribution in [-0.2, 0) is 4.79 Å². The van der Waals surface area contributed by atoms with Crippen LogP contribution in [0.3, 0.4) is 0 Å². The van der Waals surface area contributed by atoms with Crippen molar-refractivity contribution in [3.63, 3.8) is 0 Å². The second-order valence-corrected chi connectivity index (χ2v) is 4.73. The summed E-state index contributed by atoms with van der Waals surface area (Å²) in [4.78, 5) is 22.3. The van der Waals surface area contributed by atoms with Gasteiger partial charge >= 0.3 is 6.03 Å². The van der Waals surface area contributed by atoms with Gasteiger partial charge in [-0.25, -0.2) is 4.79 Å². The van der Waals surface area contributed by atoms with Gasteiger partial charge in [-0.15, -0.1) is 0 Å². The Balaban J connectivity index is 2.23. The quantitative estimate of drug-likeness (QED) is 0.659. The van der Waals surface area contributed by atoms with E-state index < -0.39 is 11.9 Å². The Labute approximate surface area is 115 Å². The number of ether oxygens (including phenoxy) is 1. The molecule has 1 heterocycles. The van der Waals surface area contributed by atoms with Crippen molar-refractivity contribution in [1.82, 2.24) is 10.6 Å². The SMILES string of the molecule is CC(C)Oc1ccc(/C=C2\NC(=O)NC2=O)cc1Cl. The van der Waals surface area contributed by atoms with Crippen molar-refractivity contribution < 1.29 is 14.3 Å². The van der Waals surface area contributed by atoms with E-state index >= 15 is 0 Å². The molecule has 0 saturated carbocycles. The van der Waals surface area contributed by atoms with E-state index in [-0.39, 0.29) is 11.8 Å². The number of imide groups is 1. The normalized spacial score (nSPS) is 16.7. The molecule has 1 saturated heterocycles. The van der Waals surface area contributed by atoms with Crippen molar-refractivity contribution in [3.05, 3.63) is 34.5 Å². The molecule has 0 atom stereocenters. The third-order valence-electron chi connectivity index (χ3n) is 2.35. The lowest BCUT2D eigenvalue weighted by Crippen LogP contribution is -2.22. The highest BCUT2D eigenvalue weighted by molar-refractivity contribution is 6.32. The third kappa shape index (κ3) is 3.26. The van der Waals surface area contributed by atoms with Crippen molar-refractivity contribution in [3.8, 4) is 5.75 Å². The van der Waals surface area contributed by atoms with Gasteiger partial charge in [-0.05, 0) is 37.6 Å². The predicted octanol–water partition coefficient (Wildman–Crippen LogP) is 2.31.